The molecular formula is C10H11ClN4S. The lowest BCUT2D eigenvalue weighted by Gasteiger charge is -2.15. The van der Waals surface area contributed by atoms with Crippen LogP contribution in [0, 0.1) is 0 Å². The summed E-state index contributed by atoms with van der Waals surface area (Å²) in [5.41, 5.74) is 3.69. The van der Waals surface area contributed by atoms with E-state index in [4.69, 9.17) is 17.4 Å². The van der Waals surface area contributed by atoms with E-state index in [0.717, 1.165) is 17.0 Å². The van der Waals surface area contributed by atoms with E-state index in [9.17, 15) is 0 Å². The second-order valence-corrected chi connectivity index (χ2v) is 4.63. The number of pyridine rings is 1. The Balaban J connectivity index is 2.20. The van der Waals surface area contributed by atoms with Gasteiger partial charge in [-0.25, -0.2) is 4.98 Å². The van der Waals surface area contributed by atoms with Gasteiger partial charge in [0.25, 0.3) is 0 Å². The Morgan fingerprint density at radius 3 is 3.00 bits per heavy atom. The van der Waals surface area contributed by atoms with Gasteiger partial charge in [0.15, 0.2) is 0 Å². The molecule has 0 aliphatic heterocycles. The first-order chi connectivity index (χ1) is 7.81. The number of hydrogen-bond donors (Lipinski definition) is 2. The molecule has 6 heteroatoms. The minimum atomic E-state index is -0.0401. The largest absolute Gasteiger partial charge is 0.271 e. The second-order valence-electron chi connectivity index (χ2n) is 3.25. The number of hydrogen-bond acceptors (Lipinski definition) is 5. The minimum absolute atomic E-state index is 0.0401. The van der Waals surface area contributed by atoms with E-state index >= 15 is 0 Å². The third-order valence-electron chi connectivity index (χ3n) is 2.24. The van der Waals surface area contributed by atoms with Crippen LogP contribution in [0.25, 0.3) is 0 Å². The Kier molecular flexibility index (Phi) is 3.84. The maximum atomic E-state index is 6.06. The maximum Gasteiger partial charge on any atom is 0.0944 e. The molecule has 2 rings (SSSR count). The standard InChI is InChI=1S/C10H11ClN4S/c11-8-6-13-2-1-7(8)9(15-12)5-10-14-3-4-16-10/h1-4,6,9,15H,5,12H2. The van der Waals surface area contributed by atoms with Gasteiger partial charge in [-0.1, -0.05) is 11.6 Å². The summed E-state index contributed by atoms with van der Waals surface area (Å²) in [6, 6.07) is 1.82. The molecule has 2 aromatic rings. The van der Waals surface area contributed by atoms with E-state index in [0.29, 0.717) is 5.02 Å². The number of nitrogens with one attached hydrogen (secondary N) is 1. The summed E-state index contributed by atoms with van der Waals surface area (Å²) in [5, 5.41) is 3.58. The monoisotopic (exact) mass is 254 g/mol. The fourth-order valence-corrected chi connectivity index (χ4v) is 2.37. The molecule has 0 aliphatic rings. The van der Waals surface area contributed by atoms with Crippen LogP contribution in [0.1, 0.15) is 16.6 Å². The predicted octanol–water partition coefficient (Wildman–Crippen LogP) is 1.94. The topological polar surface area (TPSA) is 63.8 Å². The highest BCUT2D eigenvalue weighted by molar-refractivity contribution is 7.09. The van der Waals surface area contributed by atoms with Crippen molar-refractivity contribution in [1.82, 2.24) is 15.4 Å². The van der Waals surface area contributed by atoms with Gasteiger partial charge in [0.05, 0.1) is 16.1 Å². The van der Waals surface area contributed by atoms with Crippen molar-refractivity contribution in [1.29, 1.82) is 0 Å². The van der Waals surface area contributed by atoms with Crippen LogP contribution < -0.4 is 11.3 Å². The van der Waals surface area contributed by atoms with Crippen LogP contribution in [-0.2, 0) is 6.42 Å². The lowest BCUT2D eigenvalue weighted by atomic mass is 10.1. The molecule has 16 heavy (non-hydrogen) atoms. The summed E-state index contributed by atoms with van der Waals surface area (Å²) >= 11 is 7.66. The van der Waals surface area contributed by atoms with Crippen LogP contribution in [0.15, 0.2) is 30.0 Å². The van der Waals surface area contributed by atoms with Gasteiger partial charge in [-0.05, 0) is 11.6 Å². The number of nitrogens with zero attached hydrogens (tertiary/aromatic N) is 2. The molecule has 0 saturated carbocycles. The zero-order valence-electron chi connectivity index (χ0n) is 8.43. The molecule has 4 nitrogen and oxygen atoms in total. The summed E-state index contributed by atoms with van der Waals surface area (Å²) in [6.45, 7) is 0. The quantitative estimate of drug-likeness (QED) is 0.647. The Bertz CT molecular complexity index is 446. The lowest BCUT2D eigenvalue weighted by molar-refractivity contribution is 0.550. The summed E-state index contributed by atoms with van der Waals surface area (Å²) in [4.78, 5) is 8.17. The Morgan fingerprint density at radius 1 is 1.50 bits per heavy atom. The molecule has 0 saturated heterocycles. The number of aromatic nitrogens is 2. The van der Waals surface area contributed by atoms with Gasteiger partial charge in [-0.15, -0.1) is 11.3 Å². The van der Waals surface area contributed by atoms with Crippen molar-refractivity contribution in [3.05, 3.63) is 45.6 Å². The summed E-state index contributed by atoms with van der Waals surface area (Å²) in [7, 11) is 0. The van der Waals surface area contributed by atoms with Crippen molar-refractivity contribution in [2.24, 2.45) is 5.84 Å². The van der Waals surface area contributed by atoms with Gasteiger partial charge in [-0.3, -0.25) is 16.3 Å². The summed E-state index contributed by atoms with van der Waals surface area (Å²) < 4.78 is 0. The molecule has 3 N–H and O–H groups in total. The molecule has 0 radical (unpaired) electrons. The number of rotatable bonds is 4. The first kappa shape index (κ1) is 11.5. The third kappa shape index (κ3) is 2.56. The predicted molar refractivity (Wildman–Crippen MR) is 65.1 cm³/mol. The number of halogens is 1. The van der Waals surface area contributed by atoms with Gasteiger partial charge >= 0.3 is 0 Å². The lowest BCUT2D eigenvalue weighted by Crippen LogP contribution is -2.29. The number of thiazole rings is 1. The molecular weight excluding hydrogens is 244 g/mol. The first-order valence-corrected chi connectivity index (χ1v) is 6.01. The number of nitrogens with two attached hydrogens (primary N) is 1. The summed E-state index contributed by atoms with van der Waals surface area (Å²) in [6.07, 6.45) is 5.82. The van der Waals surface area contributed by atoms with Crippen molar-refractivity contribution < 1.29 is 0 Å². The highest BCUT2D eigenvalue weighted by atomic mass is 35.5. The Morgan fingerprint density at radius 2 is 2.38 bits per heavy atom. The second kappa shape index (κ2) is 5.36. The van der Waals surface area contributed by atoms with Crippen molar-refractivity contribution >= 4 is 22.9 Å². The number of hydrazine groups is 1. The third-order valence-corrected chi connectivity index (χ3v) is 3.36. The fraction of sp³-hybridized carbons (Fsp3) is 0.200. The van der Waals surface area contributed by atoms with Crippen molar-refractivity contribution in [2.75, 3.05) is 0 Å². The van der Waals surface area contributed by atoms with Crippen LogP contribution >= 0.6 is 22.9 Å². The Hall–Kier alpha value is -1.01. The smallest absolute Gasteiger partial charge is 0.0944 e. The molecule has 2 heterocycles. The van der Waals surface area contributed by atoms with Gasteiger partial charge in [0.1, 0.15) is 0 Å². The average Bonchev–Trinajstić information content (AvgIpc) is 2.80. The van der Waals surface area contributed by atoms with Crippen LogP contribution in [0.3, 0.4) is 0 Å². The average molecular weight is 255 g/mol. The van der Waals surface area contributed by atoms with Gasteiger partial charge < -0.3 is 0 Å². The highest BCUT2D eigenvalue weighted by Crippen LogP contribution is 2.24. The van der Waals surface area contributed by atoms with Crippen LogP contribution in [0.5, 0.6) is 0 Å². The van der Waals surface area contributed by atoms with E-state index in [1.54, 1.807) is 29.9 Å². The SMILES string of the molecule is NNC(Cc1nccs1)c1ccncc1Cl. The zero-order chi connectivity index (χ0) is 11.4. The van der Waals surface area contributed by atoms with E-state index in [-0.39, 0.29) is 6.04 Å². The molecule has 1 unspecified atom stereocenters. The first-order valence-electron chi connectivity index (χ1n) is 4.75. The van der Waals surface area contributed by atoms with Gasteiger partial charge in [0.2, 0.25) is 0 Å². The van der Waals surface area contributed by atoms with Crippen molar-refractivity contribution in [2.45, 2.75) is 12.5 Å². The normalized spacial score (nSPS) is 12.6. The summed E-state index contributed by atoms with van der Waals surface area (Å²) in [5.74, 6) is 5.54. The van der Waals surface area contributed by atoms with Gasteiger partial charge in [0, 0.05) is 30.4 Å². The molecule has 0 bridgehead atoms. The Labute approximate surface area is 102 Å². The molecule has 84 valence electrons. The van der Waals surface area contributed by atoms with Crippen molar-refractivity contribution in [3.63, 3.8) is 0 Å². The van der Waals surface area contributed by atoms with Crippen LogP contribution in [0.2, 0.25) is 5.02 Å². The van der Waals surface area contributed by atoms with Crippen LogP contribution in [-0.4, -0.2) is 9.97 Å². The van der Waals surface area contributed by atoms with E-state index in [2.05, 4.69) is 15.4 Å². The molecule has 2 aromatic heterocycles. The van der Waals surface area contributed by atoms with Crippen molar-refractivity contribution in [3.8, 4) is 0 Å². The van der Waals surface area contributed by atoms with E-state index in [1.807, 2.05) is 11.4 Å². The molecule has 0 spiro atoms. The maximum absolute atomic E-state index is 6.06. The molecule has 0 aliphatic carbocycles. The molecule has 0 fully saturated rings. The zero-order valence-corrected chi connectivity index (χ0v) is 10.0. The molecule has 0 amide bonds. The van der Waals surface area contributed by atoms with Crippen LogP contribution in [0.4, 0.5) is 0 Å². The van der Waals surface area contributed by atoms with Gasteiger partial charge in [-0.2, -0.15) is 0 Å². The molecule has 1 atom stereocenters. The van der Waals surface area contributed by atoms with E-state index < -0.39 is 0 Å². The van der Waals surface area contributed by atoms with E-state index in [1.165, 1.54) is 0 Å². The minimum Gasteiger partial charge on any atom is -0.271 e. The highest BCUT2D eigenvalue weighted by Gasteiger charge is 2.14. The fourth-order valence-electron chi connectivity index (χ4n) is 1.46. The molecule has 0 aromatic carbocycles.